The van der Waals surface area contributed by atoms with Crippen molar-refractivity contribution >= 4 is 0 Å². The van der Waals surface area contributed by atoms with Crippen LogP contribution in [-0.4, -0.2) is 15.8 Å². The standard InChI is InChI=1S/C18H25N3/c1-18(2)11-6-5-10-17(18)19-14-15-8-3-4-9-16(15)21-13-7-12-20-21/h3-4,7-9,12-13,17,19H,5-6,10-11,14H2,1-2H3. The third kappa shape index (κ3) is 3.18. The van der Waals surface area contributed by atoms with Crippen LogP contribution in [0.25, 0.3) is 5.69 Å². The first-order valence-electron chi connectivity index (χ1n) is 7.98. The Kier molecular flexibility index (Phi) is 4.11. The van der Waals surface area contributed by atoms with E-state index in [4.69, 9.17) is 0 Å². The van der Waals surface area contributed by atoms with Crippen LogP contribution in [0.2, 0.25) is 0 Å². The van der Waals surface area contributed by atoms with Gasteiger partial charge in [-0.1, -0.05) is 44.9 Å². The van der Waals surface area contributed by atoms with Gasteiger partial charge in [-0.15, -0.1) is 0 Å². The highest BCUT2D eigenvalue weighted by molar-refractivity contribution is 5.40. The Morgan fingerprint density at radius 2 is 2.10 bits per heavy atom. The second kappa shape index (κ2) is 6.02. The van der Waals surface area contributed by atoms with Crippen LogP contribution in [0.15, 0.2) is 42.7 Å². The molecule has 1 N–H and O–H groups in total. The van der Waals surface area contributed by atoms with Crippen LogP contribution < -0.4 is 5.32 Å². The maximum atomic E-state index is 4.36. The van der Waals surface area contributed by atoms with E-state index in [1.165, 1.54) is 36.9 Å². The minimum absolute atomic E-state index is 0.402. The van der Waals surface area contributed by atoms with Gasteiger partial charge >= 0.3 is 0 Å². The van der Waals surface area contributed by atoms with E-state index in [9.17, 15) is 0 Å². The Hall–Kier alpha value is -1.61. The first kappa shape index (κ1) is 14.3. The maximum absolute atomic E-state index is 4.36. The molecule has 1 atom stereocenters. The molecule has 1 aliphatic rings. The lowest BCUT2D eigenvalue weighted by Gasteiger charge is -2.39. The molecule has 1 aliphatic carbocycles. The molecule has 0 amide bonds. The summed E-state index contributed by atoms with van der Waals surface area (Å²) in [6.07, 6.45) is 9.16. The quantitative estimate of drug-likeness (QED) is 0.921. The summed E-state index contributed by atoms with van der Waals surface area (Å²) in [7, 11) is 0. The lowest BCUT2D eigenvalue weighted by molar-refractivity contribution is 0.166. The number of nitrogens with zero attached hydrogens (tertiary/aromatic N) is 2. The van der Waals surface area contributed by atoms with Gasteiger partial charge in [-0.05, 0) is 36.0 Å². The number of benzene rings is 1. The Balaban J connectivity index is 1.74. The van der Waals surface area contributed by atoms with Crippen molar-refractivity contribution in [1.82, 2.24) is 15.1 Å². The molecule has 0 aliphatic heterocycles. The topological polar surface area (TPSA) is 29.9 Å². The van der Waals surface area contributed by atoms with Crippen LogP contribution in [0.1, 0.15) is 45.1 Å². The van der Waals surface area contributed by atoms with Gasteiger partial charge in [0, 0.05) is 25.0 Å². The van der Waals surface area contributed by atoms with Gasteiger partial charge in [0.05, 0.1) is 5.69 Å². The summed E-state index contributed by atoms with van der Waals surface area (Å²) in [5.74, 6) is 0. The fraction of sp³-hybridized carbons (Fsp3) is 0.500. The molecule has 3 heteroatoms. The average molecular weight is 283 g/mol. The minimum atomic E-state index is 0.402. The smallest absolute Gasteiger partial charge is 0.0690 e. The second-order valence-corrected chi connectivity index (χ2v) is 6.75. The summed E-state index contributed by atoms with van der Waals surface area (Å²) >= 11 is 0. The van der Waals surface area contributed by atoms with Crippen LogP contribution in [0.3, 0.4) is 0 Å². The lowest BCUT2D eigenvalue weighted by atomic mass is 9.73. The molecule has 3 rings (SSSR count). The van der Waals surface area contributed by atoms with Crippen LogP contribution in [0.5, 0.6) is 0 Å². The van der Waals surface area contributed by atoms with Crippen LogP contribution in [0.4, 0.5) is 0 Å². The van der Waals surface area contributed by atoms with Crippen LogP contribution in [-0.2, 0) is 6.54 Å². The van der Waals surface area contributed by atoms with E-state index in [2.05, 4.69) is 48.5 Å². The molecule has 0 spiro atoms. The molecular weight excluding hydrogens is 258 g/mol. The molecule has 0 saturated heterocycles. The fourth-order valence-electron chi connectivity index (χ4n) is 3.40. The number of rotatable bonds is 4. The number of hydrogen-bond donors (Lipinski definition) is 1. The lowest BCUT2D eigenvalue weighted by Crippen LogP contribution is -2.43. The van der Waals surface area contributed by atoms with Crippen molar-refractivity contribution in [3.05, 3.63) is 48.3 Å². The Bertz CT molecular complexity index is 572. The molecule has 3 nitrogen and oxygen atoms in total. The Morgan fingerprint density at radius 1 is 1.24 bits per heavy atom. The molecule has 1 saturated carbocycles. The molecular formula is C18H25N3. The number of nitrogens with one attached hydrogen (secondary N) is 1. The second-order valence-electron chi connectivity index (χ2n) is 6.75. The Labute approximate surface area is 127 Å². The molecule has 1 heterocycles. The molecule has 0 bridgehead atoms. The van der Waals surface area contributed by atoms with Crippen molar-refractivity contribution < 1.29 is 0 Å². The van der Waals surface area contributed by atoms with E-state index in [1.807, 2.05) is 23.1 Å². The van der Waals surface area contributed by atoms with Crippen molar-refractivity contribution in [2.24, 2.45) is 5.41 Å². The highest BCUT2D eigenvalue weighted by atomic mass is 15.3. The van der Waals surface area contributed by atoms with Gasteiger partial charge in [-0.25, -0.2) is 4.68 Å². The van der Waals surface area contributed by atoms with Crippen LogP contribution >= 0.6 is 0 Å². The zero-order valence-electron chi connectivity index (χ0n) is 13.0. The van der Waals surface area contributed by atoms with E-state index >= 15 is 0 Å². The van der Waals surface area contributed by atoms with Gasteiger partial charge < -0.3 is 5.32 Å². The molecule has 1 aromatic carbocycles. The van der Waals surface area contributed by atoms with E-state index in [0.717, 1.165) is 6.54 Å². The van der Waals surface area contributed by atoms with E-state index in [0.29, 0.717) is 11.5 Å². The molecule has 0 radical (unpaired) electrons. The van der Waals surface area contributed by atoms with E-state index in [1.54, 1.807) is 0 Å². The molecule has 1 unspecified atom stereocenters. The van der Waals surface area contributed by atoms with Gasteiger partial charge in [-0.3, -0.25) is 0 Å². The van der Waals surface area contributed by atoms with Gasteiger partial charge in [0.1, 0.15) is 0 Å². The van der Waals surface area contributed by atoms with E-state index in [-0.39, 0.29) is 0 Å². The highest BCUT2D eigenvalue weighted by Gasteiger charge is 2.31. The predicted octanol–water partition coefficient (Wildman–Crippen LogP) is 3.93. The SMILES string of the molecule is CC1(C)CCCCC1NCc1ccccc1-n1cccn1. The highest BCUT2D eigenvalue weighted by Crippen LogP contribution is 2.35. The average Bonchev–Trinajstić information content (AvgIpc) is 3.00. The maximum Gasteiger partial charge on any atom is 0.0690 e. The number of aromatic nitrogens is 2. The monoisotopic (exact) mass is 283 g/mol. The van der Waals surface area contributed by atoms with Crippen molar-refractivity contribution in [3.63, 3.8) is 0 Å². The molecule has 2 aromatic rings. The number of hydrogen-bond acceptors (Lipinski definition) is 2. The van der Waals surface area contributed by atoms with Gasteiger partial charge in [0.2, 0.25) is 0 Å². The van der Waals surface area contributed by atoms with Crippen LogP contribution in [0, 0.1) is 5.41 Å². The normalized spacial score (nSPS) is 21.3. The number of para-hydroxylation sites is 1. The van der Waals surface area contributed by atoms with Crippen molar-refractivity contribution in [2.45, 2.75) is 52.1 Å². The predicted molar refractivity (Wildman–Crippen MR) is 86.4 cm³/mol. The summed E-state index contributed by atoms with van der Waals surface area (Å²) < 4.78 is 1.95. The van der Waals surface area contributed by atoms with Crippen molar-refractivity contribution in [3.8, 4) is 5.69 Å². The fourth-order valence-corrected chi connectivity index (χ4v) is 3.40. The van der Waals surface area contributed by atoms with E-state index < -0.39 is 0 Å². The first-order chi connectivity index (χ1) is 10.2. The third-order valence-corrected chi connectivity index (χ3v) is 4.79. The zero-order valence-corrected chi connectivity index (χ0v) is 13.0. The summed E-state index contributed by atoms with van der Waals surface area (Å²) in [5.41, 5.74) is 2.88. The van der Waals surface area contributed by atoms with Crippen molar-refractivity contribution in [2.75, 3.05) is 0 Å². The zero-order chi connectivity index (χ0) is 14.7. The Morgan fingerprint density at radius 3 is 2.86 bits per heavy atom. The minimum Gasteiger partial charge on any atom is -0.309 e. The third-order valence-electron chi connectivity index (χ3n) is 4.79. The molecule has 112 valence electrons. The van der Waals surface area contributed by atoms with Gasteiger partial charge in [0.15, 0.2) is 0 Å². The summed E-state index contributed by atoms with van der Waals surface area (Å²) in [4.78, 5) is 0. The summed E-state index contributed by atoms with van der Waals surface area (Å²) in [6.45, 7) is 5.69. The van der Waals surface area contributed by atoms with Gasteiger partial charge in [-0.2, -0.15) is 5.10 Å². The molecule has 1 fully saturated rings. The first-order valence-corrected chi connectivity index (χ1v) is 7.98. The summed E-state index contributed by atoms with van der Waals surface area (Å²) in [5, 5.41) is 8.15. The van der Waals surface area contributed by atoms with Crippen molar-refractivity contribution in [1.29, 1.82) is 0 Å². The summed E-state index contributed by atoms with van der Waals surface area (Å²) in [6, 6.07) is 11.1. The van der Waals surface area contributed by atoms with Gasteiger partial charge in [0.25, 0.3) is 0 Å². The molecule has 1 aromatic heterocycles. The largest absolute Gasteiger partial charge is 0.309 e. The molecule has 21 heavy (non-hydrogen) atoms.